The summed E-state index contributed by atoms with van der Waals surface area (Å²) in [7, 11) is 1.68. The van der Waals surface area contributed by atoms with Gasteiger partial charge in [-0.15, -0.1) is 0 Å². The molecule has 5 aromatic rings. The molecule has 5 rings (SSSR count). The number of amides is 1. The minimum absolute atomic E-state index is 0.165. The number of pyridine rings is 2. The molecule has 0 saturated carbocycles. The van der Waals surface area contributed by atoms with E-state index in [2.05, 4.69) is 30.1 Å². The molecule has 1 unspecified atom stereocenters. The maximum absolute atomic E-state index is 13.5. The number of nitrogens with zero attached hydrogens (tertiary/aromatic N) is 6. The molecule has 0 radical (unpaired) electrons. The van der Waals surface area contributed by atoms with Crippen LogP contribution in [0.2, 0.25) is 5.15 Å². The number of halogens is 1. The lowest BCUT2D eigenvalue weighted by atomic mass is 10.0. The summed E-state index contributed by atoms with van der Waals surface area (Å²) in [5.41, 5.74) is 3.89. The normalized spacial score (nSPS) is 11.9. The Hall–Kier alpha value is -4.29. The SMILES string of the molecule is CSNC(=O)c1nc(Cl)ccc1NC(C)c1cc(C)cc2c(=O)n(C)c(-c3ccc(-c4noc(C)n4)nc3)nc12. The molecule has 0 aliphatic heterocycles. The van der Waals surface area contributed by atoms with Gasteiger partial charge in [-0.25, -0.2) is 9.97 Å². The van der Waals surface area contributed by atoms with E-state index in [-0.39, 0.29) is 28.4 Å². The monoisotopic (exact) mass is 576 g/mol. The lowest BCUT2D eigenvalue weighted by Gasteiger charge is -2.20. The number of aryl methyl sites for hydroxylation is 2. The van der Waals surface area contributed by atoms with Crippen LogP contribution in [0.5, 0.6) is 0 Å². The Balaban J connectivity index is 1.58. The van der Waals surface area contributed by atoms with Gasteiger partial charge >= 0.3 is 0 Å². The second-order valence-corrected chi connectivity index (χ2v) is 10.2. The zero-order chi connectivity index (χ0) is 28.6. The van der Waals surface area contributed by atoms with Crippen LogP contribution in [0.15, 0.2) is 51.9 Å². The summed E-state index contributed by atoms with van der Waals surface area (Å²) in [6.45, 7) is 5.56. The summed E-state index contributed by atoms with van der Waals surface area (Å²) in [6, 6.07) is 10.3. The van der Waals surface area contributed by atoms with Crippen molar-refractivity contribution < 1.29 is 9.32 Å². The summed E-state index contributed by atoms with van der Waals surface area (Å²) in [5, 5.41) is 7.95. The first kappa shape index (κ1) is 27.3. The Bertz CT molecular complexity index is 1800. The van der Waals surface area contributed by atoms with E-state index in [9.17, 15) is 9.59 Å². The fraction of sp³-hybridized carbons (Fsp3) is 0.222. The van der Waals surface area contributed by atoms with Gasteiger partial charge in [0.25, 0.3) is 11.5 Å². The number of anilines is 1. The summed E-state index contributed by atoms with van der Waals surface area (Å²) in [5.74, 6) is 0.895. The smallest absolute Gasteiger partial charge is 0.281 e. The van der Waals surface area contributed by atoms with Crippen molar-refractivity contribution in [2.75, 3.05) is 11.6 Å². The molecule has 0 aliphatic carbocycles. The van der Waals surface area contributed by atoms with Crippen LogP contribution in [0.25, 0.3) is 33.8 Å². The molecule has 204 valence electrons. The van der Waals surface area contributed by atoms with Gasteiger partial charge < -0.3 is 9.84 Å². The highest BCUT2D eigenvalue weighted by molar-refractivity contribution is 7.97. The minimum Gasteiger partial charge on any atom is -0.377 e. The third-order valence-corrected chi connectivity index (χ3v) is 6.84. The van der Waals surface area contributed by atoms with Gasteiger partial charge in [-0.1, -0.05) is 34.8 Å². The maximum Gasteiger partial charge on any atom is 0.281 e. The molecule has 1 amide bonds. The van der Waals surface area contributed by atoms with E-state index >= 15 is 0 Å². The number of hydrogen-bond donors (Lipinski definition) is 2. The summed E-state index contributed by atoms with van der Waals surface area (Å²) in [6.07, 6.45) is 3.37. The Labute approximate surface area is 238 Å². The number of hydrogen-bond acceptors (Lipinski definition) is 10. The van der Waals surface area contributed by atoms with Gasteiger partial charge in [0.05, 0.1) is 22.6 Å². The van der Waals surface area contributed by atoms with Crippen LogP contribution in [0, 0.1) is 13.8 Å². The van der Waals surface area contributed by atoms with Crippen LogP contribution in [0.4, 0.5) is 5.69 Å². The standard InChI is InChI=1S/C27H25ClN8O3S/c1-13-10-17(14(2)30-19-8-9-21(28)32-23(19)26(37)35-40-5)22-18(11-13)27(38)36(4)25(33-22)16-6-7-20(29-12-16)24-31-15(3)39-34-24/h6-12,14,30H,1-5H3,(H,35,37). The zero-order valence-electron chi connectivity index (χ0n) is 22.3. The van der Waals surface area contributed by atoms with Crippen molar-refractivity contribution >= 4 is 46.0 Å². The molecule has 0 bridgehead atoms. The average molecular weight is 577 g/mol. The van der Waals surface area contributed by atoms with Gasteiger partial charge in [0, 0.05) is 37.6 Å². The summed E-state index contributed by atoms with van der Waals surface area (Å²) >= 11 is 7.24. The first-order valence-electron chi connectivity index (χ1n) is 12.2. The Morgan fingerprint density at radius 1 is 1.12 bits per heavy atom. The van der Waals surface area contributed by atoms with Crippen molar-refractivity contribution in [1.29, 1.82) is 0 Å². The number of carbonyl (C=O) groups is 1. The molecule has 2 N–H and O–H groups in total. The molecule has 1 atom stereocenters. The number of nitrogens with one attached hydrogen (secondary N) is 2. The van der Waals surface area contributed by atoms with Gasteiger partial charge in [-0.05, 0) is 49.7 Å². The quantitative estimate of drug-likeness (QED) is 0.203. The lowest BCUT2D eigenvalue weighted by Crippen LogP contribution is -2.22. The molecular formula is C27H25ClN8O3S. The lowest BCUT2D eigenvalue weighted by molar-refractivity contribution is 0.0980. The Morgan fingerprint density at radius 2 is 1.93 bits per heavy atom. The third-order valence-electron chi connectivity index (χ3n) is 6.24. The van der Waals surface area contributed by atoms with Gasteiger partial charge in [0.1, 0.15) is 16.7 Å². The van der Waals surface area contributed by atoms with Crippen LogP contribution >= 0.6 is 23.5 Å². The van der Waals surface area contributed by atoms with Crippen molar-refractivity contribution in [3.63, 3.8) is 0 Å². The topological polar surface area (TPSA) is 141 Å². The molecule has 11 nitrogen and oxygen atoms in total. The average Bonchev–Trinajstić information content (AvgIpc) is 3.38. The van der Waals surface area contributed by atoms with Gasteiger partial charge in [-0.2, -0.15) is 4.98 Å². The van der Waals surface area contributed by atoms with Gasteiger partial charge in [0.2, 0.25) is 11.7 Å². The largest absolute Gasteiger partial charge is 0.377 e. The van der Waals surface area contributed by atoms with Crippen LogP contribution in [-0.4, -0.2) is 41.8 Å². The highest BCUT2D eigenvalue weighted by Gasteiger charge is 2.21. The molecular weight excluding hydrogens is 552 g/mol. The molecule has 1 aromatic carbocycles. The highest BCUT2D eigenvalue weighted by atomic mass is 35.5. The fourth-order valence-corrected chi connectivity index (χ4v) is 4.81. The predicted octanol–water partition coefficient (Wildman–Crippen LogP) is 4.89. The van der Waals surface area contributed by atoms with E-state index in [1.165, 1.54) is 16.5 Å². The second-order valence-electron chi connectivity index (χ2n) is 9.15. The van der Waals surface area contributed by atoms with Crippen LogP contribution in [0.3, 0.4) is 0 Å². The third kappa shape index (κ3) is 5.27. The van der Waals surface area contributed by atoms with Crippen molar-refractivity contribution in [1.82, 2.24) is 34.4 Å². The number of rotatable bonds is 7. The highest BCUT2D eigenvalue weighted by Crippen LogP contribution is 2.29. The van der Waals surface area contributed by atoms with Crippen LogP contribution in [-0.2, 0) is 7.05 Å². The molecule has 0 aliphatic rings. The van der Waals surface area contributed by atoms with E-state index in [1.807, 2.05) is 32.0 Å². The van der Waals surface area contributed by atoms with Crippen molar-refractivity contribution in [3.05, 3.63) is 80.8 Å². The first-order valence-corrected chi connectivity index (χ1v) is 13.8. The predicted molar refractivity (Wildman–Crippen MR) is 155 cm³/mol. The molecule has 4 aromatic heterocycles. The van der Waals surface area contributed by atoms with Crippen molar-refractivity contribution in [2.45, 2.75) is 26.8 Å². The van der Waals surface area contributed by atoms with Crippen LogP contribution < -0.4 is 15.6 Å². The van der Waals surface area contributed by atoms with Gasteiger partial charge in [-0.3, -0.25) is 23.9 Å². The van der Waals surface area contributed by atoms with Crippen molar-refractivity contribution in [2.24, 2.45) is 7.05 Å². The minimum atomic E-state index is -0.375. The fourth-order valence-electron chi connectivity index (χ4n) is 4.38. The van der Waals surface area contributed by atoms with E-state index in [0.717, 1.165) is 11.1 Å². The zero-order valence-corrected chi connectivity index (χ0v) is 23.9. The molecule has 0 fully saturated rings. The number of aromatic nitrogens is 6. The Kier molecular flexibility index (Phi) is 7.55. The molecule has 4 heterocycles. The molecule has 0 saturated heterocycles. The van der Waals surface area contributed by atoms with E-state index < -0.39 is 0 Å². The van der Waals surface area contributed by atoms with E-state index in [1.54, 1.807) is 44.6 Å². The molecule has 40 heavy (non-hydrogen) atoms. The summed E-state index contributed by atoms with van der Waals surface area (Å²) in [4.78, 5) is 44.0. The number of benzene rings is 1. The van der Waals surface area contributed by atoms with Crippen molar-refractivity contribution in [3.8, 4) is 22.9 Å². The van der Waals surface area contributed by atoms with E-state index in [4.69, 9.17) is 21.1 Å². The molecule has 0 spiro atoms. The molecule has 13 heteroatoms. The second kappa shape index (κ2) is 11.1. The number of carbonyl (C=O) groups excluding carboxylic acids is 1. The van der Waals surface area contributed by atoms with E-state index in [0.29, 0.717) is 45.4 Å². The number of fused-ring (bicyclic) bond motifs is 1. The Morgan fingerprint density at radius 3 is 2.60 bits per heavy atom. The van der Waals surface area contributed by atoms with Gasteiger partial charge in [0.15, 0.2) is 5.69 Å². The summed E-state index contributed by atoms with van der Waals surface area (Å²) < 4.78 is 9.23. The first-order chi connectivity index (χ1) is 19.2. The maximum atomic E-state index is 13.5. The van der Waals surface area contributed by atoms with Crippen LogP contribution in [0.1, 0.15) is 40.5 Å².